The predicted octanol–water partition coefficient (Wildman–Crippen LogP) is 14.0. The summed E-state index contributed by atoms with van der Waals surface area (Å²) >= 11 is 0. The molecule has 0 aliphatic heterocycles. The molecule has 0 bridgehead atoms. The molecule has 0 aliphatic carbocycles. The van der Waals surface area contributed by atoms with Gasteiger partial charge in [0.25, 0.3) is 0 Å². The number of hydrogen-bond acceptors (Lipinski definition) is 2. The molecular weight excluding hydrogens is 617 g/mol. The lowest BCUT2D eigenvalue weighted by atomic mass is 10.0. The Morgan fingerprint density at radius 3 is 1.04 bits per heavy atom. The molecule has 6 aromatic rings. The molecule has 0 heterocycles. The normalized spacial score (nSPS) is 11.1. The molecule has 51 heavy (non-hydrogen) atoms. The Hall–Kier alpha value is -6.12. The van der Waals surface area contributed by atoms with Crippen molar-refractivity contribution in [1.82, 2.24) is 0 Å². The minimum atomic E-state index is 0. The second kappa shape index (κ2) is 19.2. The van der Waals surface area contributed by atoms with Crippen LogP contribution in [0.1, 0.15) is 53.4 Å². The highest BCUT2D eigenvalue weighted by Crippen LogP contribution is 2.38. The van der Waals surface area contributed by atoms with Gasteiger partial charge in [0, 0.05) is 18.5 Å². The van der Waals surface area contributed by atoms with E-state index in [-0.39, 0.29) is 8.85 Å². The minimum absolute atomic E-state index is 0. The average molecular weight is 669 g/mol. The van der Waals surface area contributed by atoms with Gasteiger partial charge in [-0.3, -0.25) is 0 Å². The average Bonchev–Trinajstić information content (AvgIpc) is 3.14. The fourth-order valence-electron chi connectivity index (χ4n) is 5.66. The number of aryl methyl sites for hydroxylation is 4. The van der Waals surface area contributed by atoms with Crippen LogP contribution in [0.3, 0.4) is 0 Å². The molecule has 0 radical (unpaired) electrons. The van der Waals surface area contributed by atoms with Crippen LogP contribution in [-0.4, -0.2) is 0 Å². The van der Waals surface area contributed by atoms with Gasteiger partial charge in [0.2, 0.25) is 0 Å². The van der Waals surface area contributed by atoms with E-state index in [1.807, 2.05) is 44.2 Å². The number of para-hydroxylation sites is 2. The molecule has 258 valence electrons. The molecule has 0 aliphatic rings. The van der Waals surface area contributed by atoms with Crippen LogP contribution in [-0.2, 0) is 0 Å². The summed E-state index contributed by atoms with van der Waals surface area (Å²) in [5.41, 5.74) is 19.6. The van der Waals surface area contributed by atoms with Crippen molar-refractivity contribution in [2.24, 2.45) is 0 Å². The summed E-state index contributed by atoms with van der Waals surface area (Å²) in [7, 11) is 0. The molecule has 2 N–H and O–H groups in total. The fraction of sp³-hybridized carbons (Fsp3) is 0.102. The van der Waals surface area contributed by atoms with Crippen molar-refractivity contribution in [2.45, 2.75) is 35.1 Å². The summed E-state index contributed by atoms with van der Waals surface area (Å²) in [6, 6.07) is 50.8. The summed E-state index contributed by atoms with van der Waals surface area (Å²) in [4.78, 5) is 2.36. The zero-order valence-corrected chi connectivity index (χ0v) is 29.5. The van der Waals surface area contributed by atoms with Crippen LogP contribution in [0.15, 0.2) is 170 Å². The van der Waals surface area contributed by atoms with Gasteiger partial charge < -0.3 is 10.6 Å². The Morgan fingerprint density at radius 1 is 0.392 bits per heavy atom. The standard InChI is InChI=1S/C40H35N.C8H11N.CH4.H2/c1-32-14-13-15-33(2)40(32)41(38-28-24-36(25-29-38)22-11-9-20-34-16-5-3-6-17-34)39-30-26-37(27-31-39)23-12-10-21-35-18-7-4-8-19-35;1-6-4-3-5-7(2)8(6)9;;/h3-31H,1-2H3;3-5H,9H2,1-2H3;1H4;1H/b20-9+,21-10+,22-11+,23-12+;;;. The van der Waals surface area contributed by atoms with Crippen molar-refractivity contribution in [3.05, 3.63) is 214 Å². The first kappa shape index (κ1) is 37.7. The lowest BCUT2D eigenvalue weighted by Crippen LogP contribution is -2.12. The van der Waals surface area contributed by atoms with Crippen LogP contribution in [0.5, 0.6) is 0 Å². The number of benzene rings is 6. The van der Waals surface area contributed by atoms with Gasteiger partial charge in [0.15, 0.2) is 0 Å². The Labute approximate surface area is 307 Å². The summed E-state index contributed by atoms with van der Waals surface area (Å²) in [6.45, 7) is 8.40. The summed E-state index contributed by atoms with van der Waals surface area (Å²) < 4.78 is 0. The Bertz CT molecular complexity index is 1930. The summed E-state index contributed by atoms with van der Waals surface area (Å²) in [5.74, 6) is 0. The lowest BCUT2D eigenvalue weighted by Gasteiger charge is -2.29. The van der Waals surface area contributed by atoms with Crippen molar-refractivity contribution in [1.29, 1.82) is 0 Å². The quantitative estimate of drug-likeness (QED) is 0.123. The number of nitrogens with zero attached hydrogens (tertiary/aromatic N) is 1. The molecule has 0 amide bonds. The van der Waals surface area contributed by atoms with Crippen molar-refractivity contribution < 1.29 is 1.43 Å². The topological polar surface area (TPSA) is 29.3 Å². The van der Waals surface area contributed by atoms with Crippen LogP contribution in [0.25, 0.3) is 24.3 Å². The van der Waals surface area contributed by atoms with E-state index in [2.05, 4.69) is 183 Å². The van der Waals surface area contributed by atoms with Crippen LogP contribution in [0, 0.1) is 27.7 Å². The van der Waals surface area contributed by atoms with Gasteiger partial charge >= 0.3 is 0 Å². The van der Waals surface area contributed by atoms with Crippen LogP contribution in [0.2, 0.25) is 0 Å². The maximum absolute atomic E-state index is 5.68. The van der Waals surface area contributed by atoms with Crippen LogP contribution < -0.4 is 10.6 Å². The van der Waals surface area contributed by atoms with E-state index in [4.69, 9.17) is 5.73 Å². The zero-order valence-electron chi connectivity index (χ0n) is 29.5. The molecule has 0 saturated carbocycles. The molecule has 6 rings (SSSR count). The minimum Gasteiger partial charge on any atom is -0.398 e. The van der Waals surface area contributed by atoms with Gasteiger partial charge in [-0.25, -0.2) is 0 Å². The fourth-order valence-corrected chi connectivity index (χ4v) is 5.66. The number of nitrogens with two attached hydrogens (primary N) is 1. The Kier molecular flexibility index (Phi) is 14.2. The van der Waals surface area contributed by atoms with Crippen molar-refractivity contribution in [2.75, 3.05) is 10.6 Å². The number of allylic oxidation sites excluding steroid dienone is 4. The van der Waals surface area contributed by atoms with Crippen LogP contribution in [0.4, 0.5) is 22.7 Å². The highest BCUT2D eigenvalue weighted by Gasteiger charge is 2.16. The third-order valence-electron chi connectivity index (χ3n) is 8.48. The first-order valence-electron chi connectivity index (χ1n) is 17.1. The van der Waals surface area contributed by atoms with Gasteiger partial charge in [-0.1, -0.05) is 177 Å². The van der Waals surface area contributed by atoms with E-state index in [1.165, 1.54) is 27.9 Å². The molecule has 2 heteroatoms. The summed E-state index contributed by atoms with van der Waals surface area (Å²) in [5, 5.41) is 0. The first-order valence-corrected chi connectivity index (χ1v) is 17.1. The molecule has 0 aromatic heterocycles. The third kappa shape index (κ3) is 10.9. The van der Waals surface area contributed by atoms with Crippen molar-refractivity contribution in [3.63, 3.8) is 0 Å². The smallest absolute Gasteiger partial charge is 0.0519 e. The monoisotopic (exact) mass is 668 g/mol. The Balaban J connectivity index is 0.000000581. The van der Waals surface area contributed by atoms with Gasteiger partial charge in [0.1, 0.15) is 0 Å². The van der Waals surface area contributed by atoms with E-state index >= 15 is 0 Å². The number of rotatable bonds is 9. The third-order valence-corrected chi connectivity index (χ3v) is 8.48. The van der Waals surface area contributed by atoms with E-state index in [1.54, 1.807) is 0 Å². The van der Waals surface area contributed by atoms with Gasteiger partial charge in [-0.2, -0.15) is 0 Å². The maximum atomic E-state index is 5.68. The Morgan fingerprint density at radius 2 is 0.706 bits per heavy atom. The molecule has 0 unspecified atom stereocenters. The SMILES string of the molecule is C.Cc1cccc(C)c1N.Cc1cccc(C)c1N(c1ccc(/C=C/C=C/c2ccccc2)cc1)c1ccc(/C=C/C=C/c2ccccc2)cc1.[HH]. The second-order valence-corrected chi connectivity index (χ2v) is 12.3. The maximum Gasteiger partial charge on any atom is 0.0519 e. The van der Waals surface area contributed by atoms with Gasteiger partial charge in [0.05, 0.1) is 5.69 Å². The molecular formula is C49H52N2. The molecule has 0 saturated heterocycles. The molecule has 2 nitrogen and oxygen atoms in total. The van der Waals surface area contributed by atoms with E-state index in [0.717, 1.165) is 39.3 Å². The number of anilines is 4. The number of nitrogen functional groups attached to an aromatic ring is 1. The van der Waals surface area contributed by atoms with Gasteiger partial charge in [-0.15, -0.1) is 0 Å². The van der Waals surface area contributed by atoms with Crippen molar-refractivity contribution >= 4 is 47.1 Å². The first-order chi connectivity index (χ1) is 24.4. The molecule has 0 spiro atoms. The molecule has 6 aromatic carbocycles. The molecule has 0 fully saturated rings. The largest absolute Gasteiger partial charge is 0.398 e. The highest BCUT2D eigenvalue weighted by molar-refractivity contribution is 5.81. The number of hydrogen-bond donors (Lipinski definition) is 1. The molecule has 0 atom stereocenters. The van der Waals surface area contributed by atoms with E-state index < -0.39 is 0 Å². The van der Waals surface area contributed by atoms with E-state index in [9.17, 15) is 0 Å². The van der Waals surface area contributed by atoms with E-state index in [0.29, 0.717) is 0 Å². The lowest BCUT2D eigenvalue weighted by molar-refractivity contribution is 1.22. The van der Waals surface area contributed by atoms with Crippen LogP contribution >= 0.6 is 0 Å². The highest BCUT2D eigenvalue weighted by atomic mass is 15.1. The van der Waals surface area contributed by atoms with Crippen molar-refractivity contribution in [3.8, 4) is 0 Å². The second-order valence-electron chi connectivity index (χ2n) is 12.3. The van der Waals surface area contributed by atoms with Gasteiger partial charge in [-0.05, 0) is 96.5 Å². The summed E-state index contributed by atoms with van der Waals surface area (Å²) in [6.07, 6.45) is 16.9. The zero-order chi connectivity index (χ0) is 35.1. The predicted molar refractivity (Wildman–Crippen MR) is 229 cm³/mol.